The summed E-state index contributed by atoms with van der Waals surface area (Å²) in [7, 11) is 3.17. The Morgan fingerprint density at radius 3 is 2.73 bits per heavy atom. The molecule has 0 aliphatic carbocycles. The van der Waals surface area contributed by atoms with Gasteiger partial charge >= 0.3 is 0 Å². The first-order chi connectivity index (χ1) is 14.5. The lowest BCUT2D eigenvalue weighted by molar-refractivity contribution is -0.115. The van der Waals surface area contributed by atoms with E-state index in [1.54, 1.807) is 20.3 Å². The van der Waals surface area contributed by atoms with Gasteiger partial charge in [0.15, 0.2) is 27.6 Å². The number of hydrogen-bond acceptors (Lipinski definition) is 8. The molecule has 2 aromatic heterocycles. The predicted octanol–water partition coefficient (Wildman–Crippen LogP) is 4.03. The Morgan fingerprint density at radius 2 is 2.10 bits per heavy atom. The maximum Gasteiger partial charge on any atom is 0.239 e. The molecule has 0 bridgehead atoms. The van der Waals surface area contributed by atoms with Crippen LogP contribution in [0.5, 0.6) is 11.5 Å². The normalized spacial score (nSPS) is 11.7. The molecule has 3 rings (SSSR count). The van der Waals surface area contributed by atoms with E-state index in [1.807, 2.05) is 42.0 Å². The van der Waals surface area contributed by atoms with Crippen molar-refractivity contribution in [3.05, 3.63) is 41.9 Å². The number of allylic oxidation sites excluding steroid dienone is 1. The first-order valence-corrected chi connectivity index (χ1v) is 10.9. The van der Waals surface area contributed by atoms with E-state index in [4.69, 9.17) is 9.47 Å². The summed E-state index contributed by atoms with van der Waals surface area (Å²) < 4.78 is 12.6. The summed E-state index contributed by atoms with van der Waals surface area (Å²) in [4.78, 5) is 16.8. The SMILES string of the molecule is C=CCn1c(S[C@@H](C)C(=O)Nc2nc(C)cs2)nnc1-c1ccc(OC)c(OC)c1. The van der Waals surface area contributed by atoms with Crippen molar-refractivity contribution in [2.45, 2.75) is 30.8 Å². The van der Waals surface area contributed by atoms with E-state index in [-0.39, 0.29) is 11.2 Å². The van der Waals surface area contributed by atoms with Gasteiger partial charge in [0.1, 0.15) is 0 Å². The number of anilines is 1. The predicted molar refractivity (Wildman–Crippen MR) is 120 cm³/mol. The number of aryl methyl sites for hydroxylation is 1. The lowest BCUT2D eigenvalue weighted by Gasteiger charge is -2.13. The van der Waals surface area contributed by atoms with E-state index >= 15 is 0 Å². The molecule has 3 aromatic rings. The zero-order valence-electron chi connectivity index (χ0n) is 17.2. The molecular formula is C20H23N5O3S2. The molecule has 0 saturated heterocycles. The number of aromatic nitrogens is 4. The smallest absolute Gasteiger partial charge is 0.239 e. The minimum absolute atomic E-state index is 0.143. The summed E-state index contributed by atoms with van der Waals surface area (Å²) in [5.74, 6) is 1.74. The fraction of sp³-hybridized carbons (Fsp3) is 0.300. The highest BCUT2D eigenvalue weighted by molar-refractivity contribution is 8.00. The number of amides is 1. The number of thiazole rings is 1. The van der Waals surface area contributed by atoms with Gasteiger partial charge < -0.3 is 14.8 Å². The largest absolute Gasteiger partial charge is 0.493 e. The van der Waals surface area contributed by atoms with Crippen LogP contribution in [0.15, 0.2) is 41.4 Å². The van der Waals surface area contributed by atoms with E-state index in [9.17, 15) is 4.79 Å². The topological polar surface area (TPSA) is 91.2 Å². The van der Waals surface area contributed by atoms with Crippen LogP contribution in [-0.4, -0.2) is 45.1 Å². The highest BCUT2D eigenvalue weighted by Crippen LogP contribution is 2.33. The monoisotopic (exact) mass is 445 g/mol. The van der Waals surface area contributed by atoms with Crippen LogP contribution in [0.1, 0.15) is 12.6 Å². The van der Waals surface area contributed by atoms with E-state index in [2.05, 4.69) is 27.1 Å². The van der Waals surface area contributed by atoms with Gasteiger partial charge in [-0.1, -0.05) is 17.8 Å². The number of methoxy groups -OCH3 is 2. The third-order valence-electron chi connectivity index (χ3n) is 4.17. The molecule has 0 unspecified atom stereocenters. The minimum atomic E-state index is -0.389. The molecule has 30 heavy (non-hydrogen) atoms. The van der Waals surface area contributed by atoms with Crippen LogP contribution in [0.25, 0.3) is 11.4 Å². The highest BCUT2D eigenvalue weighted by Gasteiger charge is 2.22. The number of carbonyl (C=O) groups excluding carboxylic acids is 1. The van der Waals surface area contributed by atoms with Gasteiger partial charge in [-0.05, 0) is 32.0 Å². The number of benzene rings is 1. The average molecular weight is 446 g/mol. The molecule has 1 N–H and O–H groups in total. The molecule has 0 aliphatic rings. The second-order valence-electron chi connectivity index (χ2n) is 6.32. The second-order valence-corrected chi connectivity index (χ2v) is 8.48. The maximum absolute atomic E-state index is 12.6. The van der Waals surface area contributed by atoms with Crippen LogP contribution in [0.2, 0.25) is 0 Å². The molecule has 1 amide bonds. The van der Waals surface area contributed by atoms with Crippen molar-refractivity contribution in [3.8, 4) is 22.9 Å². The molecule has 1 atom stereocenters. The Morgan fingerprint density at radius 1 is 1.33 bits per heavy atom. The number of nitrogens with one attached hydrogen (secondary N) is 1. The van der Waals surface area contributed by atoms with Gasteiger partial charge in [-0.15, -0.1) is 28.1 Å². The van der Waals surface area contributed by atoms with Crippen molar-refractivity contribution in [1.29, 1.82) is 0 Å². The van der Waals surface area contributed by atoms with Crippen LogP contribution >= 0.6 is 23.1 Å². The molecule has 0 saturated carbocycles. The number of rotatable bonds is 9. The van der Waals surface area contributed by atoms with Crippen LogP contribution in [0.4, 0.5) is 5.13 Å². The summed E-state index contributed by atoms with van der Waals surface area (Å²) >= 11 is 2.73. The van der Waals surface area contributed by atoms with Crippen molar-refractivity contribution in [1.82, 2.24) is 19.7 Å². The zero-order valence-corrected chi connectivity index (χ0v) is 18.8. The molecule has 0 spiro atoms. The Kier molecular flexibility index (Phi) is 7.11. The van der Waals surface area contributed by atoms with Gasteiger partial charge in [-0.2, -0.15) is 0 Å². The summed E-state index contributed by atoms with van der Waals surface area (Å²) in [5.41, 5.74) is 1.70. The molecular weight excluding hydrogens is 422 g/mol. The van der Waals surface area contributed by atoms with Crippen LogP contribution in [-0.2, 0) is 11.3 Å². The van der Waals surface area contributed by atoms with Gasteiger partial charge in [0.25, 0.3) is 0 Å². The molecule has 10 heteroatoms. The highest BCUT2D eigenvalue weighted by atomic mass is 32.2. The van der Waals surface area contributed by atoms with E-state index in [0.717, 1.165) is 11.3 Å². The zero-order chi connectivity index (χ0) is 21.7. The van der Waals surface area contributed by atoms with Gasteiger partial charge in [0.05, 0.1) is 25.2 Å². The molecule has 0 aliphatic heterocycles. The van der Waals surface area contributed by atoms with E-state index in [1.165, 1.54) is 23.1 Å². The van der Waals surface area contributed by atoms with Crippen LogP contribution in [0.3, 0.4) is 0 Å². The summed E-state index contributed by atoms with van der Waals surface area (Å²) in [6.07, 6.45) is 1.76. The van der Waals surface area contributed by atoms with Crippen LogP contribution < -0.4 is 14.8 Å². The number of carbonyl (C=O) groups is 1. The molecule has 158 valence electrons. The molecule has 1 aromatic carbocycles. The van der Waals surface area contributed by atoms with Gasteiger partial charge in [-0.3, -0.25) is 9.36 Å². The molecule has 0 fully saturated rings. The molecule has 8 nitrogen and oxygen atoms in total. The van der Waals surface area contributed by atoms with Gasteiger partial charge in [0, 0.05) is 17.5 Å². The number of ether oxygens (including phenoxy) is 2. The van der Waals surface area contributed by atoms with E-state index < -0.39 is 0 Å². The van der Waals surface area contributed by atoms with Crippen molar-refractivity contribution in [3.63, 3.8) is 0 Å². The molecule has 0 radical (unpaired) electrons. The standard InChI is InChI=1S/C20H23N5O3S2/c1-6-9-25-17(14-7-8-15(27-4)16(10-14)28-5)23-24-20(25)30-13(3)18(26)22-19-21-12(2)11-29-19/h6-8,10-11,13H,1,9H2,2-5H3,(H,21,22,26)/t13-/m0/s1. The minimum Gasteiger partial charge on any atom is -0.493 e. The van der Waals surface area contributed by atoms with Gasteiger partial charge in [-0.25, -0.2) is 4.98 Å². The number of hydrogen-bond donors (Lipinski definition) is 1. The Hall–Kier alpha value is -2.85. The first-order valence-electron chi connectivity index (χ1n) is 9.13. The second kappa shape index (κ2) is 9.77. The number of thioether (sulfide) groups is 1. The number of nitrogens with zero attached hydrogens (tertiary/aromatic N) is 4. The summed E-state index contributed by atoms with van der Waals surface area (Å²) in [6.45, 7) is 8.04. The van der Waals surface area contributed by atoms with Crippen molar-refractivity contribution >= 4 is 34.1 Å². The Bertz CT molecular complexity index is 1050. The third kappa shape index (κ3) is 4.82. The molecule has 2 heterocycles. The van der Waals surface area contributed by atoms with Crippen molar-refractivity contribution in [2.24, 2.45) is 0 Å². The third-order valence-corrected chi connectivity index (χ3v) is 6.13. The van der Waals surface area contributed by atoms with Gasteiger partial charge in [0.2, 0.25) is 5.91 Å². The fourth-order valence-electron chi connectivity index (χ4n) is 2.69. The quantitative estimate of drug-likeness (QED) is 0.393. The summed E-state index contributed by atoms with van der Waals surface area (Å²) in [5, 5.41) is 14.2. The lowest BCUT2D eigenvalue weighted by atomic mass is 10.2. The Labute approximate surface area is 183 Å². The summed E-state index contributed by atoms with van der Waals surface area (Å²) in [6, 6.07) is 5.55. The maximum atomic E-state index is 12.6. The van der Waals surface area contributed by atoms with Crippen molar-refractivity contribution in [2.75, 3.05) is 19.5 Å². The first kappa shape index (κ1) is 21.8. The Balaban J connectivity index is 1.83. The van der Waals surface area contributed by atoms with Crippen molar-refractivity contribution < 1.29 is 14.3 Å². The van der Waals surface area contributed by atoms with Crippen LogP contribution in [0, 0.1) is 6.92 Å². The lowest BCUT2D eigenvalue weighted by Crippen LogP contribution is -2.22. The van der Waals surface area contributed by atoms with E-state index in [0.29, 0.717) is 34.2 Å². The fourth-order valence-corrected chi connectivity index (χ4v) is 4.24. The average Bonchev–Trinajstić information content (AvgIpc) is 3.33.